The van der Waals surface area contributed by atoms with E-state index in [1.807, 2.05) is 43.3 Å². The van der Waals surface area contributed by atoms with Gasteiger partial charge in [-0.15, -0.1) is 0 Å². The Morgan fingerprint density at radius 3 is 2.53 bits per heavy atom. The number of hydrogen-bond acceptors (Lipinski definition) is 2. The van der Waals surface area contributed by atoms with Gasteiger partial charge in [0.05, 0.1) is 0 Å². The van der Waals surface area contributed by atoms with Crippen LogP contribution in [0.1, 0.15) is 5.76 Å². The van der Waals surface area contributed by atoms with E-state index < -0.39 is 0 Å². The van der Waals surface area contributed by atoms with Crippen LogP contribution in [0.15, 0.2) is 52.9 Å². The monoisotopic (exact) mass is 224 g/mol. The van der Waals surface area contributed by atoms with E-state index in [9.17, 15) is 5.11 Å². The quantitative estimate of drug-likeness (QED) is 0.674. The molecule has 0 aliphatic heterocycles. The van der Waals surface area contributed by atoms with E-state index in [-0.39, 0.29) is 5.75 Å². The van der Waals surface area contributed by atoms with Crippen molar-refractivity contribution in [3.63, 3.8) is 0 Å². The maximum atomic E-state index is 9.30. The summed E-state index contributed by atoms with van der Waals surface area (Å²) in [6, 6.07) is 15.3. The number of phenols is 1. The first-order valence-electron chi connectivity index (χ1n) is 5.52. The molecule has 0 aliphatic carbocycles. The largest absolute Gasteiger partial charge is 0.508 e. The summed E-state index contributed by atoms with van der Waals surface area (Å²) < 4.78 is 5.72. The van der Waals surface area contributed by atoms with Gasteiger partial charge in [0.25, 0.3) is 0 Å². The Bertz CT molecular complexity index is 663. The molecule has 84 valence electrons. The van der Waals surface area contributed by atoms with Crippen molar-refractivity contribution >= 4 is 11.0 Å². The molecule has 0 spiro atoms. The maximum absolute atomic E-state index is 9.30. The van der Waals surface area contributed by atoms with Crippen molar-refractivity contribution in [3.05, 3.63) is 54.3 Å². The molecule has 1 aromatic heterocycles. The second kappa shape index (κ2) is 3.67. The lowest BCUT2D eigenvalue weighted by molar-refractivity contribution is 0.475. The molecule has 0 aliphatic rings. The molecule has 0 fully saturated rings. The van der Waals surface area contributed by atoms with Crippen molar-refractivity contribution in [1.29, 1.82) is 0 Å². The SMILES string of the molecule is Cc1cc2cccc(-c3ccc(O)cc3)c2o1. The van der Waals surface area contributed by atoms with Crippen LogP contribution in [0.5, 0.6) is 5.75 Å². The summed E-state index contributed by atoms with van der Waals surface area (Å²) in [7, 11) is 0. The Hall–Kier alpha value is -2.22. The van der Waals surface area contributed by atoms with Gasteiger partial charge in [0.15, 0.2) is 0 Å². The minimum atomic E-state index is 0.275. The predicted octanol–water partition coefficient (Wildman–Crippen LogP) is 4.11. The van der Waals surface area contributed by atoms with Crippen molar-refractivity contribution in [2.75, 3.05) is 0 Å². The van der Waals surface area contributed by atoms with Crippen LogP contribution in [0.25, 0.3) is 22.1 Å². The Kier molecular flexibility index (Phi) is 2.15. The number of para-hydroxylation sites is 1. The van der Waals surface area contributed by atoms with Crippen LogP contribution in [0, 0.1) is 6.92 Å². The van der Waals surface area contributed by atoms with Gasteiger partial charge in [-0.1, -0.05) is 30.3 Å². The number of aromatic hydroxyl groups is 1. The van der Waals surface area contributed by atoms with Gasteiger partial charge in [0.2, 0.25) is 0 Å². The molecule has 2 nitrogen and oxygen atoms in total. The third-order valence-electron chi connectivity index (χ3n) is 2.85. The van der Waals surface area contributed by atoms with Crippen LogP contribution in [0.3, 0.4) is 0 Å². The second-order valence-corrected chi connectivity index (χ2v) is 4.13. The molecule has 3 rings (SSSR count). The fraction of sp³-hybridized carbons (Fsp3) is 0.0667. The highest BCUT2D eigenvalue weighted by Gasteiger charge is 2.07. The van der Waals surface area contributed by atoms with E-state index in [0.29, 0.717) is 0 Å². The van der Waals surface area contributed by atoms with Gasteiger partial charge in [-0.25, -0.2) is 0 Å². The lowest BCUT2D eigenvalue weighted by Gasteiger charge is -2.02. The standard InChI is InChI=1S/C15H12O2/c1-10-9-12-3-2-4-14(15(12)17-10)11-5-7-13(16)8-6-11/h2-9,16H,1H3. The molecule has 0 saturated heterocycles. The molecular weight excluding hydrogens is 212 g/mol. The number of aryl methyl sites for hydroxylation is 1. The summed E-state index contributed by atoms with van der Waals surface area (Å²) in [5.41, 5.74) is 2.99. The first-order valence-corrected chi connectivity index (χ1v) is 5.52. The van der Waals surface area contributed by atoms with Crippen LogP contribution < -0.4 is 0 Å². The molecule has 17 heavy (non-hydrogen) atoms. The summed E-state index contributed by atoms with van der Waals surface area (Å²) >= 11 is 0. The minimum Gasteiger partial charge on any atom is -0.508 e. The van der Waals surface area contributed by atoms with E-state index in [1.165, 1.54) is 0 Å². The lowest BCUT2D eigenvalue weighted by Crippen LogP contribution is -1.77. The van der Waals surface area contributed by atoms with Crippen LogP contribution in [-0.4, -0.2) is 5.11 Å². The molecule has 0 radical (unpaired) electrons. The van der Waals surface area contributed by atoms with Gasteiger partial charge in [-0.2, -0.15) is 0 Å². The molecular formula is C15H12O2. The van der Waals surface area contributed by atoms with Crippen LogP contribution in [0.2, 0.25) is 0 Å². The highest BCUT2D eigenvalue weighted by Crippen LogP contribution is 2.31. The zero-order valence-electron chi connectivity index (χ0n) is 9.47. The van der Waals surface area contributed by atoms with Gasteiger partial charge < -0.3 is 9.52 Å². The van der Waals surface area contributed by atoms with E-state index in [4.69, 9.17) is 4.42 Å². The van der Waals surface area contributed by atoms with Crippen LogP contribution in [-0.2, 0) is 0 Å². The average molecular weight is 224 g/mol. The fourth-order valence-electron chi connectivity index (χ4n) is 2.06. The van der Waals surface area contributed by atoms with E-state index in [0.717, 1.165) is 27.9 Å². The predicted molar refractivity (Wildman–Crippen MR) is 68.1 cm³/mol. The molecule has 0 amide bonds. The number of hydrogen-bond donors (Lipinski definition) is 1. The van der Waals surface area contributed by atoms with Crippen molar-refractivity contribution < 1.29 is 9.52 Å². The van der Waals surface area contributed by atoms with Gasteiger partial charge in [-0.05, 0) is 30.7 Å². The normalized spacial score (nSPS) is 10.9. The minimum absolute atomic E-state index is 0.275. The Balaban J connectivity index is 2.26. The molecule has 1 N–H and O–H groups in total. The number of furan rings is 1. The van der Waals surface area contributed by atoms with Crippen LogP contribution in [0.4, 0.5) is 0 Å². The molecule has 0 atom stereocenters. The van der Waals surface area contributed by atoms with Gasteiger partial charge in [0, 0.05) is 10.9 Å². The highest BCUT2D eigenvalue weighted by molar-refractivity contribution is 5.92. The number of phenolic OH excluding ortho intramolecular Hbond substituents is 1. The molecule has 0 saturated carbocycles. The number of benzene rings is 2. The van der Waals surface area contributed by atoms with E-state index in [1.54, 1.807) is 12.1 Å². The summed E-state index contributed by atoms with van der Waals surface area (Å²) in [6.07, 6.45) is 0. The average Bonchev–Trinajstić information content (AvgIpc) is 2.70. The molecule has 3 aromatic rings. The summed E-state index contributed by atoms with van der Waals surface area (Å²) in [6.45, 7) is 1.95. The van der Waals surface area contributed by atoms with Crippen LogP contribution >= 0.6 is 0 Å². The topological polar surface area (TPSA) is 33.4 Å². The van der Waals surface area contributed by atoms with Crippen molar-refractivity contribution in [1.82, 2.24) is 0 Å². The second-order valence-electron chi connectivity index (χ2n) is 4.13. The molecule has 0 bridgehead atoms. The lowest BCUT2D eigenvalue weighted by atomic mass is 10.0. The molecule has 2 heteroatoms. The van der Waals surface area contributed by atoms with E-state index in [2.05, 4.69) is 0 Å². The fourth-order valence-corrected chi connectivity index (χ4v) is 2.06. The van der Waals surface area contributed by atoms with Crippen molar-refractivity contribution in [2.45, 2.75) is 6.92 Å². The summed E-state index contributed by atoms with van der Waals surface area (Å²) in [4.78, 5) is 0. The van der Waals surface area contributed by atoms with E-state index >= 15 is 0 Å². The summed E-state index contributed by atoms with van der Waals surface area (Å²) in [5, 5.41) is 10.4. The first-order chi connectivity index (χ1) is 8.24. The Labute approximate surface area is 99.1 Å². The van der Waals surface area contributed by atoms with Gasteiger partial charge in [-0.3, -0.25) is 0 Å². The first kappa shape index (κ1) is 9.97. The Morgan fingerprint density at radius 2 is 1.76 bits per heavy atom. The molecule has 0 unspecified atom stereocenters. The smallest absolute Gasteiger partial charge is 0.142 e. The van der Waals surface area contributed by atoms with Gasteiger partial charge >= 0.3 is 0 Å². The highest BCUT2D eigenvalue weighted by atomic mass is 16.3. The summed E-state index contributed by atoms with van der Waals surface area (Å²) in [5.74, 6) is 1.18. The van der Waals surface area contributed by atoms with Crippen molar-refractivity contribution in [2.24, 2.45) is 0 Å². The number of rotatable bonds is 1. The third kappa shape index (κ3) is 1.68. The molecule has 1 heterocycles. The molecule has 2 aromatic carbocycles. The zero-order chi connectivity index (χ0) is 11.8. The Morgan fingerprint density at radius 1 is 1.00 bits per heavy atom. The zero-order valence-corrected chi connectivity index (χ0v) is 9.47. The third-order valence-corrected chi connectivity index (χ3v) is 2.85. The van der Waals surface area contributed by atoms with Crippen molar-refractivity contribution in [3.8, 4) is 16.9 Å². The van der Waals surface area contributed by atoms with Gasteiger partial charge in [0.1, 0.15) is 17.1 Å². The number of fused-ring (bicyclic) bond motifs is 1. The maximum Gasteiger partial charge on any atom is 0.142 e.